The normalized spacial score (nSPS) is 16.3. The van der Waals surface area contributed by atoms with E-state index in [2.05, 4.69) is 4.98 Å². The number of rotatable bonds is 5. The van der Waals surface area contributed by atoms with Crippen LogP contribution in [0.2, 0.25) is 0 Å². The van der Waals surface area contributed by atoms with E-state index < -0.39 is 18.4 Å². The highest BCUT2D eigenvalue weighted by atomic mass is 32.1. The van der Waals surface area contributed by atoms with Crippen LogP contribution in [0.1, 0.15) is 39.6 Å². The summed E-state index contributed by atoms with van der Waals surface area (Å²) in [6, 6.07) is 6.96. The van der Waals surface area contributed by atoms with E-state index in [1.807, 2.05) is 0 Å². The molecule has 0 amide bonds. The summed E-state index contributed by atoms with van der Waals surface area (Å²) in [5.41, 5.74) is 0.397. The molecule has 122 valence electrons. The molecule has 1 aromatic heterocycles. The molecule has 1 aliphatic heterocycles. The minimum atomic E-state index is -0.432. The van der Waals surface area contributed by atoms with Gasteiger partial charge in [0.15, 0.2) is 0 Å². The van der Waals surface area contributed by atoms with Crippen molar-refractivity contribution >= 4 is 17.3 Å². The number of para-hydroxylation sites is 1. The van der Waals surface area contributed by atoms with Gasteiger partial charge in [0.25, 0.3) is 0 Å². The lowest BCUT2D eigenvalue weighted by atomic mass is 10.2. The number of methoxy groups -OCH3 is 1. The molecule has 1 atom stereocenters. The predicted molar refractivity (Wildman–Crippen MR) is 83.6 cm³/mol. The number of thiazole rings is 1. The van der Waals surface area contributed by atoms with E-state index in [1.165, 1.54) is 18.4 Å². The van der Waals surface area contributed by atoms with Crippen LogP contribution >= 0.6 is 11.3 Å². The Morgan fingerprint density at radius 2 is 2.09 bits per heavy atom. The molecule has 2 aromatic rings. The van der Waals surface area contributed by atoms with Crippen LogP contribution in [0.15, 0.2) is 30.5 Å². The highest BCUT2D eigenvalue weighted by Crippen LogP contribution is 2.32. The standard InChI is InChI=1S/C16H17NO5S/c1-10(13-9-17-14(23-13)16-20-7-8-21-16)22-15(18)11-5-3-4-6-12(11)19-2/h3-6,9-10,16H,7-8H2,1-2H3/t10-/m1/s1. The number of ether oxygens (including phenoxy) is 4. The molecule has 6 nitrogen and oxygen atoms in total. The van der Waals surface area contributed by atoms with Crippen LogP contribution in [-0.2, 0) is 14.2 Å². The van der Waals surface area contributed by atoms with Gasteiger partial charge in [0.2, 0.25) is 6.29 Å². The zero-order valence-corrected chi connectivity index (χ0v) is 13.7. The van der Waals surface area contributed by atoms with Crippen LogP contribution in [0.3, 0.4) is 0 Å². The van der Waals surface area contributed by atoms with Crippen molar-refractivity contribution in [3.8, 4) is 5.75 Å². The van der Waals surface area contributed by atoms with E-state index in [0.29, 0.717) is 24.5 Å². The molecular weight excluding hydrogens is 318 g/mol. The Hall–Kier alpha value is -1.96. The summed E-state index contributed by atoms with van der Waals surface area (Å²) < 4.78 is 21.5. The molecule has 0 bridgehead atoms. The third kappa shape index (κ3) is 3.52. The van der Waals surface area contributed by atoms with Gasteiger partial charge >= 0.3 is 5.97 Å². The molecule has 0 aliphatic carbocycles. The lowest BCUT2D eigenvalue weighted by Crippen LogP contribution is -2.09. The van der Waals surface area contributed by atoms with Gasteiger partial charge in [-0.3, -0.25) is 0 Å². The van der Waals surface area contributed by atoms with Crippen LogP contribution in [0.25, 0.3) is 0 Å². The van der Waals surface area contributed by atoms with Gasteiger partial charge in [0, 0.05) is 6.20 Å². The number of benzene rings is 1. The number of nitrogens with zero attached hydrogens (tertiary/aromatic N) is 1. The molecule has 7 heteroatoms. The van der Waals surface area contributed by atoms with Crippen LogP contribution in [0.4, 0.5) is 0 Å². The summed E-state index contributed by atoms with van der Waals surface area (Å²) in [5.74, 6) is 0.0562. The number of aromatic nitrogens is 1. The second kappa shape index (κ2) is 7.08. The Balaban J connectivity index is 1.68. The van der Waals surface area contributed by atoms with Crippen LogP contribution in [0.5, 0.6) is 5.75 Å². The van der Waals surface area contributed by atoms with Crippen molar-refractivity contribution in [3.05, 3.63) is 45.9 Å². The van der Waals surface area contributed by atoms with Gasteiger partial charge in [-0.25, -0.2) is 9.78 Å². The molecule has 0 saturated carbocycles. The van der Waals surface area contributed by atoms with E-state index >= 15 is 0 Å². The number of carbonyl (C=O) groups excluding carboxylic acids is 1. The Labute approximate surface area is 138 Å². The summed E-state index contributed by atoms with van der Waals surface area (Å²) in [4.78, 5) is 17.4. The summed E-state index contributed by atoms with van der Waals surface area (Å²) in [7, 11) is 1.52. The molecule has 1 aromatic carbocycles. The molecule has 1 aliphatic rings. The molecule has 23 heavy (non-hydrogen) atoms. The highest BCUT2D eigenvalue weighted by Gasteiger charge is 2.24. The quantitative estimate of drug-likeness (QED) is 0.782. The first kappa shape index (κ1) is 15.9. The number of esters is 1. The lowest BCUT2D eigenvalue weighted by Gasteiger charge is -2.13. The maximum Gasteiger partial charge on any atom is 0.342 e. The fraction of sp³-hybridized carbons (Fsp3) is 0.375. The number of carbonyl (C=O) groups is 1. The SMILES string of the molecule is COc1ccccc1C(=O)O[C@H](C)c1cnc(C2OCCO2)s1. The molecule has 0 radical (unpaired) electrons. The first-order valence-electron chi connectivity index (χ1n) is 7.22. The maximum atomic E-state index is 12.3. The monoisotopic (exact) mass is 335 g/mol. The third-order valence-corrected chi connectivity index (χ3v) is 4.56. The molecule has 1 fully saturated rings. The van der Waals surface area contributed by atoms with E-state index in [-0.39, 0.29) is 0 Å². The third-order valence-electron chi connectivity index (χ3n) is 3.38. The lowest BCUT2D eigenvalue weighted by molar-refractivity contribution is -0.0442. The second-order valence-electron chi connectivity index (χ2n) is 4.92. The summed E-state index contributed by atoms with van der Waals surface area (Å²) in [6.07, 6.45) is 0.858. The van der Waals surface area contributed by atoms with Crippen molar-refractivity contribution < 1.29 is 23.7 Å². The van der Waals surface area contributed by atoms with Crippen LogP contribution < -0.4 is 4.74 Å². The Kier molecular flexibility index (Phi) is 4.90. The highest BCUT2D eigenvalue weighted by molar-refractivity contribution is 7.11. The van der Waals surface area contributed by atoms with E-state index in [4.69, 9.17) is 18.9 Å². The Morgan fingerprint density at radius 3 is 2.83 bits per heavy atom. The fourth-order valence-corrected chi connectivity index (χ4v) is 3.09. The summed E-state index contributed by atoms with van der Waals surface area (Å²) >= 11 is 1.42. The Morgan fingerprint density at radius 1 is 1.35 bits per heavy atom. The van der Waals surface area contributed by atoms with Gasteiger partial charge in [-0.15, -0.1) is 11.3 Å². The van der Waals surface area contributed by atoms with Crippen molar-refractivity contribution in [2.45, 2.75) is 19.3 Å². The van der Waals surface area contributed by atoms with Crippen molar-refractivity contribution in [3.63, 3.8) is 0 Å². The van der Waals surface area contributed by atoms with Gasteiger partial charge in [-0.05, 0) is 19.1 Å². The fourth-order valence-electron chi connectivity index (χ4n) is 2.19. The Bertz CT molecular complexity index is 681. The van der Waals surface area contributed by atoms with Crippen molar-refractivity contribution in [1.82, 2.24) is 4.98 Å². The van der Waals surface area contributed by atoms with Gasteiger partial charge in [-0.2, -0.15) is 0 Å². The molecule has 1 saturated heterocycles. The van der Waals surface area contributed by atoms with Gasteiger partial charge in [-0.1, -0.05) is 12.1 Å². The average molecular weight is 335 g/mol. The molecule has 2 heterocycles. The zero-order valence-electron chi connectivity index (χ0n) is 12.9. The van der Waals surface area contributed by atoms with Crippen LogP contribution in [-0.4, -0.2) is 31.3 Å². The first-order chi connectivity index (χ1) is 11.2. The number of hydrogen-bond donors (Lipinski definition) is 0. The smallest absolute Gasteiger partial charge is 0.342 e. The largest absolute Gasteiger partial charge is 0.496 e. The van der Waals surface area contributed by atoms with Crippen molar-refractivity contribution in [2.24, 2.45) is 0 Å². The minimum absolute atomic E-state index is 0.397. The zero-order chi connectivity index (χ0) is 16.2. The van der Waals surface area contributed by atoms with E-state index in [1.54, 1.807) is 37.4 Å². The molecule has 0 N–H and O–H groups in total. The number of hydrogen-bond acceptors (Lipinski definition) is 7. The van der Waals surface area contributed by atoms with Gasteiger partial charge in [0.05, 0.1) is 25.2 Å². The summed E-state index contributed by atoms with van der Waals surface area (Å²) in [5, 5.41) is 0.734. The molecular formula is C16H17NO5S. The predicted octanol–water partition coefficient (Wildman–Crippen LogP) is 3.12. The molecule has 3 rings (SSSR count). The van der Waals surface area contributed by atoms with Gasteiger partial charge < -0.3 is 18.9 Å². The minimum Gasteiger partial charge on any atom is -0.496 e. The van der Waals surface area contributed by atoms with Crippen molar-refractivity contribution in [2.75, 3.05) is 20.3 Å². The van der Waals surface area contributed by atoms with Crippen molar-refractivity contribution in [1.29, 1.82) is 0 Å². The first-order valence-corrected chi connectivity index (χ1v) is 8.03. The van der Waals surface area contributed by atoms with Gasteiger partial charge in [0.1, 0.15) is 22.4 Å². The molecule has 0 unspecified atom stereocenters. The van der Waals surface area contributed by atoms with Crippen LogP contribution in [0, 0.1) is 0 Å². The second-order valence-corrected chi connectivity index (χ2v) is 6.02. The average Bonchev–Trinajstić information content (AvgIpc) is 3.25. The maximum absolute atomic E-state index is 12.3. The summed E-state index contributed by atoms with van der Waals surface area (Å²) in [6.45, 7) is 2.94. The molecule has 0 spiro atoms. The van der Waals surface area contributed by atoms with E-state index in [0.717, 1.165) is 9.88 Å². The topological polar surface area (TPSA) is 66.9 Å². The van der Waals surface area contributed by atoms with E-state index in [9.17, 15) is 4.79 Å².